The second-order valence-electron chi connectivity index (χ2n) is 3.94. The van der Waals surface area contributed by atoms with E-state index in [0.29, 0.717) is 0 Å². The van der Waals surface area contributed by atoms with E-state index in [-0.39, 0.29) is 30.7 Å². The Hall–Kier alpha value is -1.57. The standard InChI is InChI=1S/C10H15F3N4O/c1-7(4-14)9(18)16-5-8-15-2-3-17(8)6-10(11,12)13/h2-3,7H,4-6,14H2,1H3,(H,16,18). The molecule has 1 aromatic heterocycles. The maximum Gasteiger partial charge on any atom is 0.406 e. The zero-order chi connectivity index (χ0) is 13.8. The molecule has 0 bridgehead atoms. The number of hydrogen-bond acceptors (Lipinski definition) is 3. The maximum absolute atomic E-state index is 12.2. The zero-order valence-corrected chi connectivity index (χ0v) is 9.87. The quantitative estimate of drug-likeness (QED) is 0.820. The van der Waals surface area contributed by atoms with Gasteiger partial charge in [0.15, 0.2) is 0 Å². The number of aromatic nitrogens is 2. The second kappa shape index (κ2) is 5.85. The van der Waals surface area contributed by atoms with Gasteiger partial charge in [-0.1, -0.05) is 6.92 Å². The predicted molar refractivity (Wildman–Crippen MR) is 58.3 cm³/mol. The van der Waals surface area contributed by atoms with Crippen LogP contribution in [0, 0.1) is 5.92 Å². The molecule has 5 nitrogen and oxygen atoms in total. The van der Waals surface area contributed by atoms with Gasteiger partial charge in [0, 0.05) is 24.9 Å². The molecule has 0 aliphatic rings. The molecule has 1 amide bonds. The van der Waals surface area contributed by atoms with E-state index in [0.717, 1.165) is 4.57 Å². The Morgan fingerprint density at radius 1 is 1.61 bits per heavy atom. The number of rotatable bonds is 5. The Bertz CT molecular complexity index is 402. The van der Waals surface area contributed by atoms with Crippen LogP contribution in [0.15, 0.2) is 12.4 Å². The normalized spacial score (nSPS) is 13.4. The number of carbonyl (C=O) groups excluding carboxylic acids is 1. The number of alkyl halides is 3. The lowest BCUT2D eigenvalue weighted by molar-refractivity contribution is -0.141. The summed E-state index contributed by atoms with van der Waals surface area (Å²) in [6.45, 7) is 0.650. The Labute approximate surface area is 102 Å². The Morgan fingerprint density at radius 2 is 2.28 bits per heavy atom. The van der Waals surface area contributed by atoms with Crippen LogP contribution in [0.5, 0.6) is 0 Å². The molecule has 0 aromatic carbocycles. The monoisotopic (exact) mass is 264 g/mol. The zero-order valence-electron chi connectivity index (χ0n) is 9.87. The summed E-state index contributed by atoms with van der Waals surface area (Å²) >= 11 is 0. The average Bonchev–Trinajstić information content (AvgIpc) is 2.69. The fraction of sp³-hybridized carbons (Fsp3) is 0.600. The molecule has 3 N–H and O–H groups in total. The van der Waals surface area contributed by atoms with Crippen LogP contribution in [0.4, 0.5) is 13.2 Å². The summed E-state index contributed by atoms with van der Waals surface area (Å²) in [5.41, 5.74) is 5.30. The largest absolute Gasteiger partial charge is 0.406 e. The van der Waals surface area contributed by atoms with Crippen LogP contribution in [-0.4, -0.2) is 28.2 Å². The first-order valence-corrected chi connectivity index (χ1v) is 5.38. The van der Waals surface area contributed by atoms with E-state index < -0.39 is 12.7 Å². The van der Waals surface area contributed by atoms with Crippen molar-refractivity contribution in [3.8, 4) is 0 Å². The minimum atomic E-state index is -4.32. The van der Waals surface area contributed by atoms with Crippen LogP contribution >= 0.6 is 0 Å². The molecule has 1 heterocycles. The van der Waals surface area contributed by atoms with Crippen LogP contribution in [0.2, 0.25) is 0 Å². The Balaban J connectivity index is 2.58. The van der Waals surface area contributed by atoms with E-state index in [9.17, 15) is 18.0 Å². The summed E-state index contributed by atoms with van der Waals surface area (Å²) in [5, 5.41) is 2.49. The molecule has 18 heavy (non-hydrogen) atoms. The van der Waals surface area contributed by atoms with Gasteiger partial charge in [-0.15, -0.1) is 0 Å². The lowest BCUT2D eigenvalue weighted by Crippen LogP contribution is -2.33. The van der Waals surface area contributed by atoms with E-state index in [2.05, 4.69) is 10.3 Å². The molecule has 0 saturated carbocycles. The topological polar surface area (TPSA) is 72.9 Å². The van der Waals surface area contributed by atoms with Crippen molar-refractivity contribution in [2.24, 2.45) is 11.7 Å². The highest BCUT2D eigenvalue weighted by Gasteiger charge is 2.28. The van der Waals surface area contributed by atoms with Crippen LogP contribution in [0.3, 0.4) is 0 Å². The van der Waals surface area contributed by atoms with Crippen LogP contribution in [0.25, 0.3) is 0 Å². The lowest BCUT2D eigenvalue weighted by Gasteiger charge is -2.12. The third-order valence-corrected chi connectivity index (χ3v) is 2.37. The first kappa shape index (κ1) is 14.5. The Morgan fingerprint density at radius 3 is 2.83 bits per heavy atom. The summed E-state index contributed by atoms with van der Waals surface area (Å²) in [7, 11) is 0. The molecule has 1 rings (SSSR count). The van der Waals surface area contributed by atoms with Gasteiger partial charge in [0.25, 0.3) is 0 Å². The van der Waals surface area contributed by atoms with E-state index in [4.69, 9.17) is 5.73 Å². The molecule has 0 fully saturated rings. The highest BCUT2D eigenvalue weighted by atomic mass is 19.4. The van der Waals surface area contributed by atoms with Gasteiger partial charge in [0.2, 0.25) is 5.91 Å². The highest BCUT2D eigenvalue weighted by Crippen LogP contribution is 2.18. The van der Waals surface area contributed by atoms with Crippen molar-refractivity contribution in [3.05, 3.63) is 18.2 Å². The van der Waals surface area contributed by atoms with Crippen molar-refractivity contribution in [3.63, 3.8) is 0 Å². The fourth-order valence-electron chi connectivity index (χ4n) is 1.29. The third-order valence-electron chi connectivity index (χ3n) is 2.37. The lowest BCUT2D eigenvalue weighted by atomic mass is 10.2. The average molecular weight is 264 g/mol. The summed E-state index contributed by atoms with van der Waals surface area (Å²) in [6, 6.07) is 0. The number of hydrogen-bond donors (Lipinski definition) is 2. The first-order chi connectivity index (χ1) is 8.33. The molecular weight excluding hydrogens is 249 g/mol. The number of halogens is 3. The molecule has 0 spiro atoms. The molecule has 0 radical (unpaired) electrons. The van der Waals surface area contributed by atoms with Gasteiger partial charge in [-0.05, 0) is 0 Å². The number of imidazole rings is 1. The minimum Gasteiger partial charge on any atom is -0.349 e. The van der Waals surface area contributed by atoms with E-state index in [1.165, 1.54) is 12.4 Å². The molecule has 8 heteroatoms. The van der Waals surface area contributed by atoms with Gasteiger partial charge in [-0.25, -0.2) is 4.98 Å². The smallest absolute Gasteiger partial charge is 0.349 e. The van der Waals surface area contributed by atoms with E-state index >= 15 is 0 Å². The van der Waals surface area contributed by atoms with Gasteiger partial charge in [-0.3, -0.25) is 4.79 Å². The Kier molecular flexibility index (Phi) is 4.71. The summed E-state index contributed by atoms with van der Waals surface area (Å²) in [4.78, 5) is 15.2. The predicted octanol–water partition coefficient (Wildman–Crippen LogP) is 0.656. The second-order valence-corrected chi connectivity index (χ2v) is 3.94. The minimum absolute atomic E-state index is 0.0494. The van der Waals surface area contributed by atoms with Crippen molar-refractivity contribution in [1.82, 2.24) is 14.9 Å². The van der Waals surface area contributed by atoms with Crippen LogP contribution in [0.1, 0.15) is 12.7 Å². The van der Waals surface area contributed by atoms with Crippen molar-refractivity contribution in [1.29, 1.82) is 0 Å². The summed E-state index contributed by atoms with van der Waals surface area (Å²) < 4.78 is 37.6. The van der Waals surface area contributed by atoms with Crippen molar-refractivity contribution in [2.75, 3.05) is 6.54 Å². The van der Waals surface area contributed by atoms with Gasteiger partial charge in [-0.2, -0.15) is 13.2 Å². The number of amides is 1. The molecular formula is C10H15F3N4O. The number of nitrogens with zero attached hydrogens (tertiary/aromatic N) is 2. The summed E-state index contributed by atoms with van der Waals surface area (Å²) in [6.07, 6.45) is -1.83. The van der Waals surface area contributed by atoms with Crippen LogP contribution in [-0.2, 0) is 17.9 Å². The molecule has 102 valence electrons. The number of nitrogens with two attached hydrogens (primary N) is 1. The molecule has 1 atom stereocenters. The third kappa shape index (κ3) is 4.36. The summed E-state index contributed by atoms with van der Waals surface area (Å²) in [5.74, 6) is -0.528. The van der Waals surface area contributed by atoms with Gasteiger partial charge >= 0.3 is 6.18 Å². The van der Waals surface area contributed by atoms with E-state index in [1.807, 2.05) is 0 Å². The maximum atomic E-state index is 12.2. The van der Waals surface area contributed by atoms with Gasteiger partial charge in [0.1, 0.15) is 12.4 Å². The van der Waals surface area contributed by atoms with Crippen LogP contribution < -0.4 is 11.1 Å². The van der Waals surface area contributed by atoms with Gasteiger partial charge < -0.3 is 15.6 Å². The van der Waals surface area contributed by atoms with Gasteiger partial charge in [0.05, 0.1) is 6.54 Å². The molecule has 0 aliphatic carbocycles. The van der Waals surface area contributed by atoms with Crippen molar-refractivity contribution in [2.45, 2.75) is 26.2 Å². The molecule has 0 aliphatic heterocycles. The molecule has 1 aromatic rings. The molecule has 1 unspecified atom stereocenters. The first-order valence-electron chi connectivity index (χ1n) is 5.38. The number of carbonyl (C=O) groups is 1. The molecule has 0 saturated heterocycles. The van der Waals surface area contributed by atoms with Crippen molar-refractivity contribution < 1.29 is 18.0 Å². The van der Waals surface area contributed by atoms with Crippen molar-refractivity contribution >= 4 is 5.91 Å². The van der Waals surface area contributed by atoms with E-state index in [1.54, 1.807) is 6.92 Å². The highest BCUT2D eigenvalue weighted by molar-refractivity contribution is 5.78. The SMILES string of the molecule is CC(CN)C(=O)NCc1nccn1CC(F)(F)F. The number of nitrogens with one attached hydrogen (secondary N) is 1. The fourth-order valence-corrected chi connectivity index (χ4v) is 1.29.